The molecule has 0 bridgehead atoms. The number of aliphatic hydroxyl groups is 2. The zero-order valence-corrected chi connectivity index (χ0v) is 21.7. The second kappa shape index (κ2) is 7.85. The Hall–Kier alpha value is -0.290. The molecule has 0 heterocycles. The molecule has 2 nitrogen and oxygen atoms in total. The molecule has 4 aliphatic rings. The standard InChI is InChI=1S/C28H47F3O2/c1-18(9-14-27(6,33)28(29,30)31)20-7-8-21-19-10-12-23(2)17-24(3,32)15-16-26(23,5)22(19)11-13-25(20,21)4/h18-22,32-33H,7-17H2,1-6H3/t18-,19+,20-,21+,22?,23-,24+,25-,26-,27?/m1/s1. The number of halogens is 3. The van der Waals surface area contributed by atoms with E-state index in [4.69, 9.17) is 0 Å². The molecule has 4 fully saturated rings. The van der Waals surface area contributed by atoms with Crippen LogP contribution in [-0.2, 0) is 0 Å². The van der Waals surface area contributed by atoms with Gasteiger partial charge < -0.3 is 10.2 Å². The van der Waals surface area contributed by atoms with E-state index in [1.807, 2.05) is 6.92 Å². The lowest BCUT2D eigenvalue weighted by Gasteiger charge is -2.66. The van der Waals surface area contributed by atoms with Crippen molar-refractivity contribution in [1.29, 1.82) is 0 Å². The van der Waals surface area contributed by atoms with Gasteiger partial charge in [-0.15, -0.1) is 0 Å². The zero-order chi connectivity index (χ0) is 24.7. The number of hydrogen-bond acceptors (Lipinski definition) is 2. The van der Waals surface area contributed by atoms with E-state index in [2.05, 4.69) is 27.7 Å². The number of fused-ring (bicyclic) bond motifs is 5. The molecule has 0 saturated heterocycles. The minimum absolute atomic E-state index is 0.193. The van der Waals surface area contributed by atoms with Gasteiger partial charge >= 0.3 is 6.18 Å². The maximum absolute atomic E-state index is 13.2. The van der Waals surface area contributed by atoms with E-state index in [0.717, 1.165) is 32.6 Å². The average molecular weight is 473 g/mol. The van der Waals surface area contributed by atoms with Gasteiger partial charge in [-0.05, 0) is 130 Å². The largest absolute Gasteiger partial charge is 0.416 e. The van der Waals surface area contributed by atoms with Crippen LogP contribution in [0.4, 0.5) is 13.2 Å². The van der Waals surface area contributed by atoms with Crippen molar-refractivity contribution in [2.24, 2.45) is 45.8 Å². The summed E-state index contributed by atoms with van der Waals surface area (Å²) in [4.78, 5) is 0. The Labute approximate surface area is 199 Å². The normalized spacial score (nSPS) is 50.6. The summed E-state index contributed by atoms with van der Waals surface area (Å²) in [6.45, 7) is 12.4. The summed E-state index contributed by atoms with van der Waals surface area (Å²) in [6.07, 6.45) is 5.67. The van der Waals surface area contributed by atoms with Crippen LogP contribution in [0.1, 0.15) is 112 Å². The van der Waals surface area contributed by atoms with E-state index in [1.165, 1.54) is 32.1 Å². The van der Waals surface area contributed by atoms with Crippen LogP contribution in [-0.4, -0.2) is 27.6 Å². The summed E-state index contributed by atoms with van der Waals surface area (Å²) < 4.78 is 39.5. The van der Waals surface area contributed by atoms with Crippen molar-refractivity contribution >= 4 is 0 Å². The van der Waals surface area contributed by atoms with Crippen molar-refractivity contribution in [1.82, 2.24) is 0 Å². The van der Waals surface area contributed by atoms with E-state index >= 15 is 0 Å². The lowest BCUT2D eigenvalue weighted by Crippen LogP contribution is -2.60. The predicted octanol–water partition coefficient (Wildman–Crippen LogP) is 7.52. The molecule has 0 aromatic carbocycles. The Morgan fingerprint density at radius 1 is 0.909 bits per heavy atom. The van der Waals surface area contributed by atoms with Gasteiger partial charge in [0, 0.05) is 0 Å². The van der Waals surface area contributed by atoms with Crippen molar-refractivity contribution in [3.63, 3.8) is 0 Å². The maximum atomic E-state index is 13.2. The predicted molar refractivity (Wildman–Crippen MR) is 126 cm³/mol. The fourth-order valence-corrected chi connectivity index (χ4v) is 9.76. The molecule has 0 aliphatic heterocycles. The second-order valence-electron chi connectivity index (χ2n) is 14.1. The third kappa shape index (κ3) is 3.99. The van der Waals surface area contributed by atoms with Gasteiger partial charge in [0.2, 0.25) is 0 Å². The van der Waals surface area contributed by atoms with E-state index in [-0.39, 0.29) is 28.6 Å². The van der Waals surface area contributed by atoms with Crippen LogP contribution in [0.2, 0.25) is 0 Å². The highest BCUT2D eigenvalue weighted by Crippen LogP contribution is 2.72. The first-order valence-corrected chi connectivity index (χ1v) is 13.5. The first kappa shape index (κ1) is 25.8. The molecular formula is C28H47F3O2. The van der Waals surface area contributed by atoms with Crippen LogP contribution in [0.25, 0.3) is 0 Å². The Morgan fingerprint density at radius 2 is 1.58 bits per heavy atom. The van der Waals surface area contributed by atoms with Crippen LogP contribution in [0, 0.1) is 45.8 Å². The maximum Gasteiger partial charge on any atom is 0.416 e. The molecule has 4 aliphatic carbocycles. The summed E-state index contributed by atoms with van der Waals surface area (Å²) >= 11 is 0. The fourth-order valence-electron chi connectivity index (χ4n) is 9.76. The summed E-state index contributed by atoms with van der Waals surface area (Å²) in [5, 5.41) is 20.8. The van der Waals surface area contributed by atoms with Crippen LogP contribution in [0.15, 0.2) is 0 Å². The molecule has 33 heavy (non-hydrogen) atoms. The van der Waals surface area contributed by atoms with Crippen molar-refractivity contribution in [2.45, 2.75) is 130 Å². The van der Waals surface area contributed by atoms with Gasteiger partial charge in [-0.3, -0.25) is 0 Å². The smallest absolute Gasteiger partial charge is 0.390 e. The molecule has 0 aromatic rings. The summed E-state index contributed by atoms with van der Waals surface area (Å²) in [5.74, 6) is 2.71. The zero-order valence-electron chi connectivity index (χ0n) is 21.7. The monoisotopic (exact) mass is 472 g/mol. The third-order valence-electron chi connectivity index (χ3n) is 12.1. The molecule has 4 saturated carbocycles. The average Bonchev–Trinajstić information content (AvgIpc) is 3.03. The molecule has 0 radical (unpaired) electrons. The number of hydrogen-bond donors (Lipinski definition) is 2. The van der Waals surface area contributed by atoms with Crippen LogP contribution in [0.5, 0.6) is 0 Å². The van der Waals surface area contributed by atoms with Gasteiger partial charge in [-0.25, -0.2) is 0 Å². The van der Waals surface area contributed by atoms with Crippen molar-refractivity contribution < 1.29 is 23.4 Å². The second-order valence-corrected chi connectivity index (χ2v) is 14.1. The SMILES string of the molecule is C[C@H](CCC(C)(O)C(F)(F)F)[C@H]1CC[C@H]2[C@@H]3CC[C@]4(C)C[C@@](C)(O)CC[C@]4(C)C3CC[C@]12C. The fraction of sp³-hybridized carbons (Fsp3) is 1.00. The molecule has 2 N–H and O–H groups in total. The first-order chi connectivity index (χ1) is 15.0. The van der Waals surface area contributed by atoms with E-state index in [1.54, 1.807) is 0 Å². The highest BCUT2D eigenvalue weighted by molar-refractivity contribution is 5.14. The first-order valence-electron chi connectivity index (χ1n) is 13.5. The van der Waals surface area contributed by atoms with Crippen LogP contribution < -0.4 is 0 Å². The minimum atomic E-state index is -4.57. The molecule has 0 aromatic heterocycles. The van der Waals surface area contributed by atoms with Gasteiger partial charge in [-0.1, -0.05) is 27.7 Å². The third-order valence-corrected chi connectivity index (χ3v) is 12.1. The highest BCUT2D eigenvalue weighted by atomic mass is 19.4. The van der Waals surface area contributed by atoms with E-state index in [0.29, 0.717) is 30.1 Å². The highest BCUT2D eigenvalue weighted by Gasteiger charge is 2.64. The van der Waals surface area contributed by atoms with Gasteiger partial charge in [-0.2, -0.15) is 13.2 Å². The van der Waals surface area contributed by atoms with Crippen molar-refractivity contribution in [2.75, 3.05) is 0 Å². The molecule has 2 unspecified atom stereocenters. The summed E-state index contributed by atoms with van der Waals surface area (Å²) in [6, 6.07) is 0. The lowest BCUT2D eigenvalue weighted by atomic mass is 9.39. The molecule has 4 rings (SSSR count). The van der Waals surface area contributed by atoms with Gasteiger partial charge in [0.25, 0.3) is 0 Å². The minimum Gasteiger partial charge on any atom is -0.390 e. The molecule has 0 amide bonds. The molecule has 5 heteroatoms. The molecule has 10 atom stereocenters. The molecular weight excluding hydrogens is 425 g/mol. The van der Waals surface area contributed by atoms with Crippen molar-refractivity contribution in [3.8, 4) is 0 Å². The summed E-state index contributed by atoms with van der Waals surface area (Å²) in [5.41, 5.74) is -2.47. The Bertz CT molecular complexity index is 746. The van der Waals surface area contributed by atoms with E-state index in [9.17, 15) is 23.4 Å². The van der Waals surface area contributed by atoms with Crippen LogP contribution >= 0.6 is 0 Å². The topological polar surface area (TPSA) is 40.5 Å². The van der Waals surface area contributed by atoms with Crippen LogP contribution in [0.3, 0.4) is 0 Å². The lowest BCUT2D eigenvalue weighted by molar-refractivity contribution is -0.256. The quantitative estimate of drug-likeness (QED) is 0.444. The number of rotatable bonds is 4. The van der Waals surface area contributed by atoms with Gasteiger partial charge in [0.1, 0.15) is 0 Å². The molecule has 0 spiro atoms. The summed E-state index contributed by atoms with van der Waals surface area (Å²) in [7, 11) is 0. The Morgan fingerprint density at radius 3 is 2.21 bits per heavy atom. The Balaban J connectivity index is 1.49. The van der Waals surface area contributed by atoms with Gasteiger partial charge in [0.15, 0.2) is 5.60 Å². The molecule has 192 valence electrons. The number of alkyl halides is 3. The van der Waals surface area contributed by atoms with E-state index < -0.39 is 17.4 Å². The Kier molecular flexibility index (Phi) is 6.14. The van der Waals surface area contributed by atoms with Crippen molar-refractivity contribution in [3.05, 3.63) is 0 Å². The van der Waals surface area contributed by atoms with Gasteiger partial charge in [0.05, 0.1) is 5.60 Å².